The summed E-state index contributed by atoms with van der Waals surface area (Å²) < 4.78 is 0. The Labute approximate surface area is 120 Å². The fourth-order valence-electron chi connectivity index (χ4n) is 1.21. The monoisotopic (exact) mass is 283 g/mol. The molecule has 0 aromatic carbocycles. The Balaban J connectivity index is 4.03. The number of aliphatic imine (C=N–C) groups is 2. The molecular formula is C13H25N5O2. The van der Waals surface area contributed by atoms with E-state index in [1.807, 2.05) is 25.8 Å². The summed E-state index contributed by atoms with van der Waals surface area (Å²) >= 11 is 0. The molecule has 0 saturated carbocycles. The second-order valence-electron chi connectivity index (χ2n) is 5.06. The Hall–Kier alpha value is -1.50. The van der Waals surface area contributed by atoms with Gasteiger partial charge in [-0.15, -0.1) is 0 Å². The number of hydrogen-bond acceptors (Lipinski definition) is 7. The minimum atomic E-state index is -0.309. The molecule has 7 nitrogen and oxygen atoms in total. The van der Waals surface area contributed by atoms with Crippen LogP contribution in [0.4, 0.5) is 0 Å². The van der Waals surface area contributed by atoms with Gasteiger partial charge in [-0.25, -0.2) is 0 Å². The van der Waals surface area contributed by atoms with Crippen molar-refractivity contribution in [2.24, 2.45) is 20.3 Å². The maximum Gasteiger partial charge on any atom is 0.111 e. The molecule has 20 heavy (non-hydrogen) atoms. The molecule has 0 N–H and O–H groups in total. The molecule has 0 aromatic heterocycles. The fourth-order valence-corrected chi connectivity index (χ4v) is 1.21. The van der Waals surface area contributed by atoms with Gasteiger partial charge in [0.1, 0.15) is 12.1 Å². The van der Waals surface area contributed by atoms with Crippen molar-refractivity contribution < 1.29 is 0 Å². The van der Waals surface area contributed by atoms with Crippen LogP contribution in [0.3, 0.4) is 0 Å². The number of rotatable bonds is 10. The quantitative estimate of drug-likeness (QED) is 0.454. The van der Waals surface area contributed by atoms with E-state index in [0.717, 1.165) is 0 Å². The SMILES string of the molecule is CC(N=O)C(C)N=CCN(C)CC=NC(C)C(C)N=O. The molecule has 0 bridgehead atoms. The third-order valence-corrected chi connectivity index (χ3v) is 3.20. The second-order valence-corrected chi connectivity index (χ2v) is 5.06. The lowest BCUT2D eigenvalue weighted by atomic mass is 10.2. The Morgan fingerprint density at radius 1 is 0.800 bits per heavy atom. The largest absolute Gasteiger partial charge is 0.296 e. The topological polar surface area (TPSA) is 86.8 Å². The first-order valence-electron chi connectivity index (χ1n) is 6.79. The zero-order valence-corrected chi connectivity index (χ0v) is 12.9. The van der Waals surface area contributed by atoms with E-state index in [4.69, 9.17) is 0 Å². The van der Waals surface area contributed by atoms with Crippen LogP contribution in [-0.2, 0) is 0 Å². The highest BCUT2D eigenvalue weighted by Crippen LogP contribution is 2.01. The van der Waals surface area contributed by atoms with Gasteiger partial charge >= 0.3 is 0 Å². The number of hydrogen-bond donors (Lipinski definition) is 0. The lowest BCUT2D eigenvalue weighted by molar-refractivity contribution is 0.440. The van der Waals surface area contributed by atoms with E-state index in [1.54, 1.807) is 26.3 Å². The Morgan fingerprint density at radius 2 is 1.15 bits per heavy atom. The van der Waals surface area contributed by atoms with E-state index in [9.17, 15) is 9.81 Å². The maximum absolute atomic E-state index is 10.3. The Morgan fingerprint density at radius 3 is 1.45 bits per heavy atom. The summed E-state index contributed by atoms with van der Waals surface area (Å²) in [7, 11) is 1.94. The average Bonchev–Trinajstić information content (AvgIpc) is 2.44. The van der Waals surface area contributed by atoms with E-state index in [0.29, 0.717) is 13.1 Å². The minimum absolute atomic E-state index is 0.103. The molecule has 0 fully saturated rings. The molecule has 0 amide bonds. The molecule has 0 spiro atoms. The van der Waals surface area contributed by atoms with Gasteiger partial charge in [-0.2, -0.15) is 9.81 Å². The molecule has 0 radical (unpaired) electrons. The zero-order chi connectivity index (χ0) is 15.5. The molecule has 0 aromatic rings. The summed E-state index contributed by atoms with van der Waals surface area (Å²) in [4.78, 5) is 31.2. The van der Waals surface area contributed by atoms with E-state index in [-0.39, 0.29) is 24.2 Å². The van der Waals surface area contributed by atoms with Crippen LogP contribution >= 0.6 is 0 Å². The third-order valence-electron chi connectivity index (χ3n) is 3.20. The van der Waals surface area contributed by atoms with Crippen molar-refractivity contribution >= 4 is 12.4 Å². The van der Waals surface area contributed by atoms with Crippen LogP contribution < -0.4 is 0 Å². The van der Waals surface area contributed by atoms with Gasteiger partial charge in [0, 0.05) is 25.5 Å². The van der Waals surface area contributed by atoms with Gasteiger partial charge in [-0.1, -0.05) is 10.4 Å². The molecule has 0 aliphatic carbocycles. The summed E-state index contributed by atoms with van der Waals surface area (Å²) in [6.45, 7) is 8.54. The molecule has 0 aliphatic heterocycles. The smallest absolute Gasteiger partial charge is 0.111 e. The van der Waals surface area contributed by atoms with Crippen LogP contribution in [0.5, 0.6) is 0 Å². The van der Waals surface area contributed by atoms with Crippen molar-refractivity contribution in [3.8, 4) is 0 Å². The van der Waals surface area contributed by atoms with Crippen LogP contribution in [0, 0.1) is 9.81 Å². The summed E-state index contributed by atoms with van der Waals surface area (Å²) in [5.74, 6) is 0. The van der Waals surface area contributed by atoms with Gasteiger partial charge in [0.05, 0.1) is 12.1 Å². The highest BCUT2D eigenvalue weighted by atomic mass is 16.3. The van der Waals surface area contributed by atoms with E-state index in [1.165, 1.54) is 0 Å². The van der Waals surface area contributed by atoms with Gasteiger partial charge in [0.2, 0.25) is 0 Å². The molecule has 114 valence electrons. The van der Waals surface area contributed by atoms with Gasteiger partial charge in [-0.05, 0) is 34.7 Å². The third kappa shape index (κ3) is 7.83. The van der Waals surface area contributed by atoms with Crippen molar-refractivity contribution in [2.45, 2.75) is 51.9 Å². The summed E-state index contributed by atoms with van der Waals surface area (Å²) in [5, 5.41) is 5.89. The van der Waals surface area contributed by atoms with E-state index >= 15 is 0 Å². The molecular weight excluding hydrogens is 258 g/mol. The second kappa shape index (κ2) is 10.3. The minimum Gasteiger partial charge on any atom is -0.296 e. The average molecular weight is 283 g/mol. The first-order valence-corrected chi connectivity index (χ1v) is 6.79. The van der Waals surface area contributed by atoms with Crippen LogP contribution in [-0.4, -0.2) is 61.6 Å². The first-order chi connectivity index (χ1) is 9.42. The van der Waals surface area contributed by atoms with Crippen molar-refractivity contribution in [1.29, 1.82) is 0 Å². The molecule has 4 unspecified atom stereocenters. The van der Waals surface area contributed by atoms with E-state index in [2.05, 4.69) is 20.3 Å². The molecule has 0 saturated heterocycles. The normalized spacial score (nSPS) is 18.3. The molecule has 7 heteroatoms. The molecule has 0 rings (SSSR count). The highest BCUT2D eigenvalue weighted by molar-refractivity contribution is 5.63. The Bertz CT molecular complexity index is 314. The summed E-state index contributed by atoms with van der Waals surface area (Å²) in [6.07, 6.45) is 3.55. The standard InChI is InChI=1S/C13H25N5O2/c1-10(12(3)16-19)14-6-8-18(5)9-7-15-11(2)13(4)17-20/h6-7,10-13H,8-9H2,1-5H3. The highest BCUT2D eigenvalue weighted by Gasteiger charge is 2.10. The maximum atomic E-state index is 10.3. The van der Waals surface area contributed by atoms with Gasteiger partial charge in [0.25, 0.3) is 0 Å². The summed E-state index contributed by atoms with van der Waals surface area (Å²) in [5.41, 5.74) is 0. The lowest BCUT2D eigenvalue weighted by Crippen LogP contribution is -2.25. The van der Waals surface area contributed by atoms with Gasteiger partial charge in [-0.3, -0.25) is 14.9 Å². The van der Waals surface area contributed by atoms with E-state index < -0.39 is 0 Å². The molecule has 4 atom stereocenters. The van der Waals surface area contributed by atoms with Crippen LogP contribution in [0.1, 0.15) is 27.7 Å². The first kappa shape index (κ1) is 18.5. The predicted molar refractivity (Wildman–Crippen MR) is 83.9 cm³/mol. The van der Waals surface area contributed by atoms with Crippen molar-refractivity contribution in [2.75, 3.05) is 20.1 Å². The lowest BCUT2D eigenvalue weighted by Gasteiger charge is -2.13. The van der Waals surface area contributed by atoms with Gasteiger partial charge < -0.3 is 0 Å². The van der Waals surface area contributed by atoms with Crippen molar-refractivity contribution in [1.82, 2.24) is 4.90 Å². The zero-order valence-electron chi connectivity index (χ0n) is 12.9. The van der Waals surface area contributed by atoms with Crippen molar-refractivity contribution in [3.05, 3.63) is 9.81 Å². The predicted octanol–water partition coefficient (Wildman–Crippen LogP) is 2.15. The number of nitroso groups, excluding NO2 is 2. The van der Waals surface area contributed by atoms with Crippen LogP contribution in [0.25, 0.3) is 0 Å². The van der Waals surface area contributed by atoms with Crippen LogP contribution in [0.2, 0.25) is 0 Å². The van der Waals surface area contributed by atoms with Crippen LogP contribution in [0.15, 0.2) is 20.3 Å². The number of nitrogens with zero attached hydrogens (tertiary/aromatic N) is 5. The summed E-state index contributed by atoms with van der Waals surface area (Å²) in [6, 6.07) is -0.823. The van der Waals surface area contributed by atoms with Crippen molar-refractivity contribution in [3.63, 3.8) is 0 Å². The fraction of sp³-hybridized carbons (Fsp3) is 0.846. The molecule has 0 heterocycles. The molecule has 0 aliphatic rings. The Kier molecular flexibility index (Phi) is 9.53. The van der Waals surface area contributed by atoms with Gasteiger partial charge in [0.15, 0.2) is 0 Å².